The van der Waals surface area contributed by atoms with E-state index in [1.807, 2.05) is 50.3 Å². The van der Waals surface area contributed by atoms with Gasteiger partial charge in [-0.3, -0.25) is 19.4 Å². The Balaban J connectivity index is 1.34. The van der Waals surface area contributed by atoms with Gasteiger partial charge in [0.15, 0.2) is 6.10 Å². The number of nitrogens with zero attached hydrogens (tertiary/aromatic N) is 2. The lowest BCUT2D eigenvalue weighted by Gasteiger charge is -2.62. The average molecular weight is 797 g/mol. The number of rotatable bonds is 7. The summed E-state index contributed by atoms with van der Waals surface area (Å²) in [6.07, 6.45) is 5.90. The second kappa shape index (κ2) is 13.6. The van der Waals surface area contributed by atoms with E-state index in [1.54, 1.807) is 7.11 Å². The number of fused-ring (bicyclic) bond motifs is 6. The van der Waals surface area contributed by atoms with E-state index in [0.717, 1.165) is 27.7 Å². The van der Waals surface area contributed by atoms with Gasteiger partial charge in [-0.1, -0.05) is 44.2 Å². The second-order valence-corrected chi connectivity index (χ2v) is 17.8. The molecule has 1 spiro atoms. The van der Waals surface area contributed by atoms with Crippen LogP contribution in [0.15, 0.2) is 48.6 Å². The summed E-state index contributed by atoms with van der Waals surface area (Å²) in [6.45, 7) is 8.59. The van der Waals surface area contributed by atoms with Crippen LogP contribution in [0.2, 0.25) is 0 Å². The average Bonchev–Trinajstić information content (AvgIpc) is 3.92. The molecule has 0 amide bonds. The monoisotopic (exact) mass is 796 g/mol. The Bertz CT molecular complexity index is 2220. The Morgan fingerprint density at radius 2 is 1.74 bits per heavy atom. The summed E-state index contributed by atoms with van der Waals surface area (Å²) >= 11 is 0. The summed E-state index contributed by atoms with van der Waals surface area (Å²) in [4.78, 5) is 50.9. The fourth-order valence-electron chi connectivity index (χ4n) is 13.0. The van der Waals surface area contributed by atoms with Gasteiger partial charge in [-0.15, -0.1) is 0 Å². The maximum Gasteiger partial charge on any atom is 0.344 e. The van der Waals surface area contributed by atoms with Crippen molar-refractivity contribution in [1.82, 2.24) is 14.8 Å². The number of hydrogen-bond acceptors (Lipinski definition) is 12. The number of para-hydroxylation sites is 1. The lowest BCUT2D eigenvalue weighted by Crippen LogP contribution is -2.80. The number of piperidine rings is 1. The zero-order chi connectivity index (χ0) is 41.0. The summed E-state index contributed by atoms with van der Waals surface area (Å²) in [5, 5.41) is 29.7. The van der Waals surface area contributed by atoms with Gasteiger partial charge < -0.3 is 39.5 Å². The molecule has 6 aliphatic rings. The number of anilines is 1. The van der Waals surface area contributed by atoms with Crippen LogP contribution in [-0.4, -0.2) is 126 Å². The lowest BCUT2D eigenvalue weighted by molar-refractivity contribution is -0.226. The molecule has 6 heterocycles. The molecule has 1 aromatic heterocycles. The molecule has 3 fully saturated rings. The highest BCUT2D eigenvalue weighted by atomic mass is 16.6. The summed E-state index contributed by atoms with van der Waals surface area (Å²) in [7, 11) is 4.25. The van der Waals surface area contributed by atoms with E-state index in [1.165, 1.54) is 21.1 Å². The van der Waals surface area contributed by atoms with Gasteiger partial charge in [0, 0.05) is 83.9 Å². The zero-order valence-corrected chi connectivity index (χ0v) is 34.4. The number of benzene rings is 2. The van der Waals surface area contributed by atoms with Crippen LogP contribution in [0.5, 0.6) is 5.75 Å². The number of carbonyl (C=O) groups excluding carboxylic acids is 3. The number of hydrogen-bond donors (Lipinski definition) is 4. The minimum absolute atomic E-state index is 0.0982. The number of H-pyrrole nitrogens is 1. The first-order valence-corrected chi connectivity index (χ1v) is 20.8. The summed E-state index contributed by atoms with van der Waals surface area (Å²) < 4.78 is 23.7. The number of carbonyl (C=O) groups is 3. The Hall–Kier alpha value is -4.43. The topological polar surface area (TPSA) is 163 Å². The zero-order valence-electron chi connectivity index (χ0n) is 34.4. The van der Waals surface area contributed by atoms with Crippen molar-refractivity contribution in [3.8, 4) is 5.75 Å². The smallest absolute Gasteiger partial charge is 0.344 e. The molecule has 13 heteroatoms. The fourth-order valence-corrected chi connectivity index (χ4v) is 13.0. The van der Waals surface area contributed by atoms with E-state index >= 15 is 4.79 Å². The third kappa shape index (κ3) is 5.05. The number of ether oxygens (including phenoxy) is 4. The molecule has 9 rings (SSSR count). The standard InChI is InChI=1S/C45H56N4O9/c1-7-41(53)22-27-23-44(39(51)56-5,35-29(14-18-48(24-27)25-41)28-12-9-10-13-32(28)46-35)31-20-30-33(21-34(31)55-4)47-36-43(30)16-19-49-17-11-15-42(8-2,37(43)49)38(58-26(3)50)45(36,54)40(52)57-6/h9-13,15,20-21,27,36-38,46-47,53-54H,7-8,14,16-19,22-25H2,1-6H3/t27?,36?,37?,38?,41-,42+,43-,44-,45-/m0/s1. The molecule has 2 saturated heterocycles. The molecule has 5 aliphatic heterocycles. The predicted molar refractivity (Wildman–Crippen MR) is 216 cm³/mol. The Kier molecular flexibility index (Phi) is 9.12. The second-order valence-electron chi connectivity index (χ2n) is 17.8. The highest BCUT2D eigenvalue weighted by Gasteiger charge is 2.79. The first-order chi connectivity index (χ1) is 27.8. The highest BCUT2D eigenvalue weighted by Crippen LogP contribution is 2.67. The van der Waals surface area contributed by atoms with E-state index in [4.69, 9.17) is 18.9 Å². The molecule has 1 aliphatic carbocycles. The van der Waals surface area contributed by atoms with E-state index in [-0.39, 0.29) is 12.0 Å². The van der Waals surface area contributed by atoms with Crippen molar-refractivity contribution in [3.05, 3.63) is 70.9 Å². The highest BCUT2D eigenvalue weighted by molar-refractivity contribution is 5.95. The van der Waals surface area contributed by atoms with Crippen LogP contribution in [0, 0.1) is 11.3 Å². The van der Waals surface area contributed by atoms with Crippen molar-refractivity contribution >= 4 is 34.5 Å². The van der Waals surface area contributed by atoms with Gasteiger partial charge in [-0.2, -0.15) is 0 Å². The molecule has 5 unspecified atom stereocenters. The van der Waals surface area contributed by atoms with Crippen molar-refractivity contribution in [1.29, 1.82) is 0 Å². The largest absolute Gasteiger partial charge is 0.496 e. The Morgan fingerprint density at radius 1 is 0.966 bits per heavy atom. The predicted octanol–water partition coefficient (Wildman–Crippen LogP) is 3.97. The van der Waals surface area contributed by atoms with Crippen molar-refractivity contribution in [3.63, 3.8) is 0 Å². The number of nitrogens with one attached hydrogen (secondary N) is 2. The van der Waals surface area contributed by atoms with Crippen LogP contribution in [-0.2, 0) is 45.8 Å². The number of esters is 3. The maximum atomic E-state index is 15.3. The minimum atomic E-state index is -2.31. The quantitative estimate of drug-likeness (QED) is 0.155. The van der Waals surface area contributed by atoms with Crippen LogP contribution in [0.1, 0.15) is 75.3 Å². The van der Waals surface area contributed by atoms with Crippen LogP contribution in [0.25, 0.3) is 10.9 Å². The van der Waals surface area contributed by atoms with Crippen molar-refractivity contribution < 1.29 is 43.5 Å². The Morgan fingerprint density at radius 3 is 2.45 bits per heavy atom. The van der Waals surface area contributed by atoms with Gasteiger partial charge in [0.05, 0.1) is 33.0 Å². The van der Waals surface area contributed by atoms with Gasteiger partial charge in [0.1, 0.15) is 11.2 Å². The number of aliphatic hydroxyl groups is 2. The van der Waals surface area contributed by atoms with Crippen molar-refractivity contribution in [2.24, 2.45) is 11.3 Å². The minimum Gasteiger partial charge on any atom is -0.496 e. The normalized spacial score (nSPS) is 37.2. The molecule has 13 nitrogen and oxygen atoms in total. The summed E-state index contributed by atoms with van der Waals surface area (Å²) in [5.74, 6) is -1.61. The SMILES string of the molecule is CC[C@]1(O)CC2CN(CCc3c([nH]c4ccccc34)[C@@](C(=O)OC)(c3cc4c(cc3OC)NC3[C@@](O)(C(=O)OC)C(OC(C)=O)[C@]5(CC)C=CCN6CC[C@]43C65)C2)C1. The molecule has 3 aromatic rings. The van der Waals surface area contributed by atoms with E-state index in [9.17, 15) is 19.8 Å². The van der Waals surface area contributed by atoms with Crippen LogP contribution in [0.4, 0.5) is 5.69 Å². The third-order valence-corrected chi connectivity index (χ3v) is 15.2. The summed E-state index contributed by atoms with van der Waals surface area (Å²) in [6, 6.07) is 10.8. The molecule has 58 heavy (non-hydrogen) atoms. The first-order valence-electron chi connectivity index (χ1n) is 20.8. The molecule has 1 saturated carbocycles. The van der Waals surface area contributed by atoms with Crippen LogP contribution in [0.3, 0.4) is 0 Å². The number of aromatic nitrogens is 1. The summed E-state index contributed by atoms with van der Waals surface area (Å²) in [5.41, 5.74) is -1.78. The molecular formula is C45H56N4O9. The van der Waals surface area contributed by atoms with Crippen molar-refractivity contribution in [2.45, 2.75) is 99.5 Å². The number of aromatic amines is 1. The Labute approximate surface area is 339 Å². The number of methoxy groups -OCH3 is 3. The van der Waals surface area contributed by atoms with Gasteiger partial charge in [0.25, 0.3) is 0 Å². The third-order valence-electron chi connectivity index (χ3n) is 15.2. The molecular weight excluding hydrogens is 741 g/mol. The van der Waals surface area contributed by atoms with E-state index in [0.29, 0.717) is 88.2 Å². The van der Waals surface area contributed by atoms with Gasteiger partial charge in [0.2, 0.25) is 5.60 Å². The molecule has 2 bridgehead atoms. The van der Waals surface area contributed by atoms with E-state index in [2.05, 4.69) is 32.2 Å². The van der Waals surface area contributed by atoms with Gasteiger partial charge >= 0.3 is 17.9 Å². The molecule has 0 radical (unpaired) electrons. The molecule has 4 N–H and O–H groups in total. The van der Waals surface area contributed by atoms with Crippen molar-refractivity contribution in [2.75, 3.05) is 59.4 Å². The molecule has 2 aromatic carbocycles. The molecule has 310 valence electrons. The van der Waals surface area contributed by atoms with Crippen LogP contribution < -0.4 is 10.1 Å². The lowest BCUT2D eigenvalue weighted by atomic mass is 9.47. The molecule has 10 atom stereocenters. The van der Waals surface area contributed by atoms with Crippen LogP contribution >= 0.6 is 0 Å². The van der Waals surface area contributed by atoms with Gasteiger partial charge in [-0.25, -0.2) is 4.79 Å². The first kappa shape index (κ1) is 39.1. The fraction of sp³-hybridized carbons (Fsp3) is 0.578. The van der Waals surface area contributed by atoms with E-state index < -0.39 is 57.5 Å². The maximum absolute atomic E-state index is 15.3. The van der Waals surface area contributed by atoms with Gasteiger partial charge in [-0.05, 0) is 74.2 Å².